The summed E-state index contributed by atoms with van der Waals surface area (Å²) in [5.74, 6) is -0.758. The molecule has 2 N–H and O–H groups in total. The third kappa shape index (κ3) is 3.01. The minimum atomic E-state index is -0.854. The zero-order valence-electron chi connectivity index (χ0n) is 13.8. The van der Waals surface area contributed by atoms with Crippen LogP contribution in [0.3, 0.4) is 0 Å². The predicted octanol–water partition coefficient (Wildman–Crippen LogP) is 3.01. The van der Waals surface area contributed by atoms with Gasteiger partial charge < -0.3 is 15.4 Å². The lowest BCUT2D eigenvalue weighted by Gasteiger charge is -2.47. The van der Waals surface area contributed by atoms with Crippen molar-refractivity contribution in [3.63, 3.8) is 0 Å². The number of morpholine rings is 1. The predicted molar refractivity (Wildman–Crippen MR) is 90.4 cm³/mol. The van der Waals surface area contributed by atoms with Gasteiger partial charge in [-0.25, -0.2) is 4.39 Å². The van der Waals surface area contributed by atoms with Crippen molar-refractivity contribution in [1.29, 1.82) is 5.26 Å². The Morgan fingerprint density at radius 1 is 1.56 bits per heavy atom. The van der Waals surface area contributed by atoms with Crippen molar-refractivity contribution in [2.75, 3.05) is 0 Å². The van der Waals surface area contributed by atoms with Crippen molar-refractivity contribution < 1.29 is 13.9 Å². The first-order valence-electron chi connectivity index (χ1n) is 7.79. The number of halogens is 2. The highest BCUT2D eigenvalue weighted by atomic mass is 35.5. The van der Waals surface area contributed by atoms with Crippen LogP contribution in [-0.4, -0.2) is 22.5 Å². The van der Waals surface area contributed by atoms with E-state index in [0.717, 1.165) is 0 Å². The summed E-state index contributed by atoms with van der Waals surface area (Å²) < 4.78 is 20.0. The number of benzene rings is 1. The summed E-state index contributed by atoms with van der Waals surface area (Å²) in [6, 6.07) is 6.22. The van der Waals surface area contributed by atoms with Crippen molar-refractivity contribution in [3.05, 3.63) is 57.6 Å². The number of allylic oxidation sites excluding steroid dienone is 2. The van der Waals surface area contributed by atoms with Crippen LogP contribution in [0.4, 0.5) is 4.39 Å². The average molecular weight is 362 g/mol. The molecule has 0 spiro atoms. The van der Waals surface area contributed by atoms with E-state index < -0.39 is 17.5 Å². The highest BCUT2D eigenvalue weighted by Crippen LogP contribution is 2.41. The summed E-state index contributed by atoms with van der Waals surface area (Å²) in [7, 11) is 0. The number of hydrogen-bond acceptors (Lipinski definition) is 4. The number of amides is 1. The number of carbonyl (C=O) groups is 1. The second-order valence-corrected chi connectivity index (χ2v) is 6.84. The zero-order valence-corrected chi connectivity index (χ0v) is 14.6. The van der Waals surface area contributed by atoms with Gasteiger partial charge in [0.15, 0.2) is 0 Å². The van der Waals surface area contributed by atoms with Gasteiger partial charge in [-0.3, -0.25) is 4.79 Å². The van der Waals surface area contributed by atoms with Crippen LogP contribution in [0.25, 0.3) is 0 Å². The summed E-state index contributed by atoms with van der Waals surface area (Å²) in [5, 5.41) is 9.64. The Balaban J connectivity index is 2.07. The molecular formula is C18H17ClFN3O2. The lowest BCUT2D eigenvalue weighted by atomic mass is 9.85. The normalized spacial score (nSPS) is 26.2. The molecule has 3 rings (SSSR count). The molecule has 0 bridgehead atoms. The summed E-state index contributed by atoms with van der Waals surface area (Å²) in [5.41, 5.74) is 6.59. The molecule has 1 amide bonds. The fourth-order valence-electron chi connectivity index (χ4n) is 3.28. The molecular weight excluding hydrogens is 345 g/mol. The standard InChI is InChI=1S/C18H17ClFN3O2/c1-10-17(24)23(9-12-5-13(19)3-4-14(12)20)16-6-11(8-21)15(22)7-18(16,2)25-10/h3-6,10H,7,9,22H2,1-2H3/t10-,18?/m1/s1. The van der Waals surface area contributed by atoms with Gasteiger partial charge in [0.05, 0.1) is 17.8 Å². The SMILES string of the molecule is C[C@H]1OC2(C)CC(N)=C(C#N)C=C2N(Cc2cc(Cl)ccc2F)C1=O. The van der Waals surface area contributed by atoms with E-state index >= 15 is 0 Å². The Kier molecular flexibility index (Phi) is 4.31. The number of nitrogens with two attached hydrogens (primary N) is 1. The second kappa shape index (κ2) is 6.17. The molecule has 130 valence electrons. The van der Waals surface area contributed by atoms with Crippen LogP contribution in [0.15, 0.2) is 41.2 Å². The van der Waals surface area contributed by atoms with Crippen LogP contribution in [0, 0.1) is 17.1 Å². The van der Waals surface area contributed by atoms with Crippen molar-refractivity contribution in [2.45, 2.75) is 38.5 Å². The summed E-state index contributed by atoms with van der Waals surface area (Å²) in [4.78, 5) is 14.1. The molecule has 25 heavy (non-hydrogen) atoms. The van der Waals surface area contributed by atoms with Crippen LogP contribution in [0.5, 0.6) is 0 Å². The smallest absolute Gasteiger partial charge is 0.256 e. The van der Waals surface area contributed by atoms with Crippen LogP contribution in [-0.2, 0) is 16.1 Å². The van der Waals surface area contributed by atoms with Gasteiger partial charge >= 0.3 is 0 Å². The number of rotatable bonds is 2. The fourth-order valence-corrected chi connectivity index (χ4v) is 3.47. The molecule has 1 aromatic carbocycles. The van der Waals surface area contributed by atoms with Gasteiger partial charge in [-0.2, -0.15) is 5.26 Å². The number of hydrogen-bond donors (Lipinski definition) is 1. The van der Waals surface area contributed by atoms with Gasteiger partial charge in [-0.15, -0.1) is 0 Å². The second-order valence-electron chi connectivity index (χ2n) is 6.41. The quantitative estimate of drug-likeness (QED) is 0.878. The minimum absolute atomic E-state index is 0.00103. The molecule has 1 aliphatic heterocycles. The van der Waals surface area contributed by atoms with Crippen LogP contribution in [0.1, 0.15) is 25.8 Å². The van der Waals surface area contributed by atoms with E-state index in [1.807, 2.05) is 13.0 Å². The van der Waals surface area contributed by atoms with Crippen molar-refractivity contribution in [2.24, 2.45) is 5.73 Å². The first-order valence-corrected chi connectivity index (χ1v) is 8.17. The van der Waals surface area contributed by atoms with Gasteiger partial charge in [-0.05, 0) is 38.1 Å². The molecule has 1 unspecified atom stereocenters. The molecule has 0 radical (unpaired) electrons. The number of fused-ring (bicyclic) bond motifs is 1. The van der Waals surface area contributed by atoms with Crippen molar-refractivity contribution in [1.82, 2.24) is 4.90 Å². The molecule has 1 fully saturated rings. The Morgan fingerprint density at radius 2 is 2.28 bits per heavy atom. The molecule has 5 nitrogen and oxygen atoms in total. The van der Waals surface area contributed by atoms with Crippen LogP contribution in [0.2, 0.25) is 5.02 Å². The summed E-state index contributed by atoms with van der Waals surface area (Å²) in [6.45, 7) is 3.45. The Bertz CT molecular complexity index is 858. The Morgan fingerprint density at radius 3 is 2.96 bits per heavy atom. The first kappa shape index (κ1) is 17.5. The van der Waals surface area contributed by atoms with Gasteiger partial charge in [0, 0.05) is 22.7 Å². The van der Waals surface area contributed by atoms with E-state index in [2.05, 4.69) is 0 Å². The lowest BCUT2D eigenvalue weighted by molar-refractivity contribution is -0.166. The van der Waals surface area contributed by atoms with Crippen LogP contribution < -0.4 is 5.73 Å². The first-order chi connectivity index (χ1) is 11.7. The topological polar surface area (TPSA) is 79.3 Å². The molecule has 7 heteroatoms. The Labute approximate surface area is 150 Å². The minimum Gasteiger partial charge on any atom is -0.401 e. The van der Waals surface area contributed by atoms with Gasteiger partial charge in [-0.1, -0.05) is 11.6 Å². The van der Waals surface area contributed by atoms with E-state index in [0.29, 0.717) is 22.0 Å². The monoisotopic (exact) mass is 361 g/mol. The fraction of sp³-hybridized carbons (Fsp3) is 0.333. The number of ether oxygens (including phenoxy) is 1. The van der Waals surface area contributed by atoms with Gasteiger partial charge in [0.1, 0.15) is 23.6 Å². The number of carbonyl (C=O) groups excluding carboxylic acids is 1. The van der Waals surface area contributed by atoms with Gasteiger partial charge in [0.25, 0.3) is 5.91 Å². The molecule has 2 aliphatic rings. The van der Waals surface area contributed by atoms with E-state index in [1.54, 1.807) is 13.0 Å². The third-order valence-corrected chi connectivity index (χ3v) is 4.73. The molecule has 1 aromatic rings. The molecule has 0 aromatic heterocycles. The van der Waals surface area contributed by atoms with E-state index in [4.69, 9.17) is 22.1 Å². The van der Waals surface area contributed by atoms with Crippen molar-refractivity contribution >= 4 is 17.5 Å². The molecule has 1 saturated heterocycles. The van der Waals surface area contributed by atoms with Gasteiger partial charge in [0.2, 0.25) is 0 Å². The van der Waals surface area contributed by atoms with Crippen LogP contribution >= 0.6 is 11.6 Å². The molecule has 0 saturated carbocycles. The zero-order chi connectivity index (χ0) is 18.4. The number of nitriles is 1. The highest BCUT2D eigenvalue weighted by Gasteiger charge is 2.47. The largest absolute Gasteiger partial charge is 0.401 e. The molecule has 1 aliphatic carbocycles. The summed E-state index contributed by atoms with van der Waals surface area (Å²) >= 11 is 5.95. The maximum absolute atomic E-state index is 14.1. The maximum Gasteiger partial charge on any atom is 0.256 e. The third-order valence-electron chi connectivity index (χ3n) is 4.49. The highest BCUT2D eigenvalue weighted by molar-refractivity contribution is 6.30. The van der Waals surface area contributed by atoms with E-state index in [1.165, 1.54) is 23.1 Å². The lowest BCUT2D eigenvalue weighted by Crippen LogP contribution is -2.55. The molecule has 1 heterocycles. The average Bonchev–Trinajstić information content (AvgIpc) is 2.54. The number of nitrogens with zero attached hydrogens (tertiary/aromatic N) is 2. The van der Waals surface area contributed by atoms with E-state index in [9.17, 15) is 14.4 Å². The molecule has 2 atom stereocenters. The summed E-state index contributed by atoms with van der Waals surface area (Å²) in [6.07, 6.45) is 1.12. The van der Waals surface area contributed by atoms with E-state index in [-0.39, 0.29) is 24.4 Å². The van der Waals surface area contributed by atoms with Crippen molar-refractivity contribution in [3.8, 4) is 6.07 Å². The maximum atomic E-state index is 14.1. The Hall–Kier alpha value is -2.36.